The smallest absolute Gasteiger partial charge is 0.324 e. The van der Waals surface area contributed by atoms with E-state index in [-0.39, 0.29) is 29.9 Å². The van der Waals surface area contributed by atoms with Crippen LogP contribution in [0.5, 0.6) is 0 Å². The molecule has 0 aromatic carbocycles. The predicted octanol–water partition coefficient (Wildman–Crippen LogP) is 1.36. The molecule has 1 saturated heterocycles. The number of hydrogen-bond acceptors (Lipinski definition) is 2. The van der Waals surface area contributed by atoms with Gasteiger partial charge in [0.2, 0.25) is 5.91 Å². The predicted molar refractivity (Wildman–Crippen MR) is 53.8 cm³/mol. The van der Waals surface area contributed by atoms with Crippen molar-refractivity contribution in [1.82, 2.24) is 10.2 Å². The molecule has 1 N–H and O–H groups in total. The van der Waals surface area contributed by atoms with Crippen LogP contribution in [0, 0.1) is 5.41 Å². The third-order valence-corrected chi connectivity index (χ3v) is 2.23. The molecule has 1 aliphatic rings. The van der Waals surface area contributed by atoms with Crippen LogP contribution in [0.3, 0.4) is 0 Å². The van der Waals surface area contributed by atoms with Gasteiger partial charge in [-0.15, -0.1) is 0 Å². The standard InChI is InChI=1S/C10H18N2O2/c1-7(5-10(2,3)4)12-8(13)6-11-9(12)14/h7H,5-6H2,1-4H3,(H,11,14). The van der Waals surface area contributed by atoms with Crippen molar-refractivity contribution < 1.29 is 9.59 Å². The van der Waals surface area contributed by atoms with Gasteiger partial charge in [0.1, 0.15) is 0 Å². The number of carbonyl (C=O) groups excluding carboxylic acids is 2. The van der Waals surface area contributed by atoms with Crippen molar-refractivity contribution >= 4 is 11.9 Å². The molecule has 0 saturated carbocycles. The van der Waals surface area contributed by atoms with Crippen molar-refractivity contribution in [2.24, 2.45) is 5.41 Å². The zero-order chi connectivity index (χ0) is 10.9. The van der Waals surface area contributed by atoms with Crippen LogP contribution in [0.4, 0.5) is 4.79 Å². The van der Waals surface area contributed by atoms with Crippen LogP contribution in [0.1, 0.15) is 34.1 Å². The molecule has 1 heterocycles. The summed E-state index contributed by atoms with van der Waals surface area (Å²) in [5.41, 5.74) is 0.128. The van der Waals surface area contributed by atoms with Crippen molar-refractivity contribution in [1.29, 1.82) is 0 Å². The average molecular weight is 198 g/mol. The lowest BCUT2D eigenvalue weighted by atomic mass is 9.88. The Hall–Kier alpha value is -1.06. The molecule has 0 aromatic rings. The van der Waals surface area contributed by atoms with Crippen molar-refractivity contribution in [3.63, 3.8) is 0 Å². The van der Waals surface area contributed by atoms with Crippen LogP contribution in [0.15, 0.2) is 0 Å². The van der Waals surface area contributed by atoms with E-state index in [1.807, 2.05) is 6.92 Å². The lowest BCUT2D eigenvalue weighted by Crippen LogP contribution is -2.40. The fraction of sp³-hybridized carbons (Fsp3) is 0.800. The second-order valence-electron chi connectivity index (χ2n) is 5.04. The maximum atomic E-state index is 11.4. The van der Waals surface area contributed by atoms with E-state index in [2.05, 4.69) is 26.1 Å². The van der Waals surface area contributed by atoms with Crippen LogP contribution in [0.2, 0.25) is 0 Å². The summed E-state index contributed by atoms with van der Waals surface area (Å²) < 4.78 is 0. The lowest BCUT2D eigenvalue weighted by Gasteiger charge is -2.28. The summed E-state index contributed by atoms with van der Waals surface area (Å²) in [6.07, 6.45) is 0.826. The van der Waals surface area contributed by atoms with Crippen molar-refractivity contribution in [3.8, 4) is 0 Å². The molecular weight excluding hydrogens is 180 g/mol. The zero-order valence-electron chi connectivity index (χ0n) is 9.26. The molecule has 1 unspecified atom stereocenters. The summed E-state index contributed by atoms with van der Waals surface area (Å²) in [5, 5.41) is 2.52. The molecule has 14 heavy (non-hydrogen) atoms. The first-order valence-corrected chi connectivity index (χ1v) is 4.91. The molecule has 0 radical (unpaired) electrons. The molecule has 0 bridgehead atoms. The highest BCUT2D eigenvalue weighted by atomic mass is 16.2. The maximum absolute atomic E-state index is 11.4. The zero-order valence-corrected chi connectivity index (χ0v) is 9.26. The molecule has 0 aromatic heterocycles. The summed E-state index contributed by atoms with van der Waals surface area (Å²) in [7, 11) is 0. The Bertz CT molecular complexity index is 239. The van der Waals surface area contributed by atoms with Gasteiger partial charge in [0.25, 0.3) is 0 Å². The number of imide groups is 1. The van der Waals surface area contributed by atoms with E-state index in [4.69, 9.17) is 0 Å². The third-order valence-electron chi connectivity index (χ3n) is 2.23. The normalized spacial score (nSPS) is 19.9. The summed E-state index contributed by atoms with van der Waals surface area (Å²) in [4.78, 5) is 24.0. The third kappa shape index (κ3) is 2.47. The van der Waals surface area contributed by atoms with Gasteiger partial charge < -0.3 is 5.32 Å². The Morgan fingerprint density at radius 3 is 2.36 bits per heavy atom. The molecule has 1 aliphatic heterocycles. The molecule has 1 atom stereocenters. The van der Waals surface area contributed by atoms with Gasteiger partial charge in [-0.3, -0.25) is 9.69 Å². The van der Waals surface area contributed by atoms with Crippen molar-refractivity contribution in [2.75, 3.05) is 6.54 Å². The van der Waals surface area contributed by atoms with E-state index in [0.717, 1.165) is 6.42 Å². The molecule has 80 valence electrons. The maximum Gasteiger partial charge on any atom is 0.324 e. The van der Waals surface area contributed by atoms with Crippen molar-refractivity contribution in [2.45, 2.75) is 40.2 Å². The van der Waals surface area contributed by atoms with Gasteiger partial charge in [0, 0.05) is 6.04 Å². The molecule has 3 amide bonds. The first kappa shape index (κ1) is 11.0. The SMILES string of the molecule is CC(CC(C)(C)C)N1C(=O)CNC1=O. The van der Waals surface area contributed by atoms with Crippen LogP contribution >= 0.6 is 0 Å². The molecular formula is C10H18N2O2. The molecule has 0 aliphatic carbocycles. The van der Waals surface area contributed by atoms with E-state index in [9.17, 15) is 9.59 Å². The summed E-state index contributed by atoms with van der Waals surface area (Å²) in [6, 6.07) is -0.281. The summed E-state index contributed by atoms with van der Waals surface area (Å²) >= 11 is 0. The van der Waals surface area contributed by atoms with Crippen molar-refractivity contribution in [3.05, 3.63) is 0 Å². The monoisotopic (exact) mass is 198 g/mol. The number of carbonyl (C=O) groups is 2. The Kier molecular flexibility index (Phi) is 2.83. The molecule has 4 heteroatoms. The van der Waals surface area contributed by atoms with Gasteiger partial charge in [0.15, 0.2) is 0 Å². The number of hydrogen-bond donors (Lipinski definition) is 1. The van der Waals surface area contributed by atoms with Gasteiger partial charge in [-0.1, -0.05) is 20.8 Å². The minimum absolute atomic E-state index is 0.0231. The van der Waals surface area contributed by atoms with Gasteiger partial charge in [0.05, 0.1) is 6.54 Å². The largest absolute Gasteiger partial charge is 0.329 e. The quantitative estimate of drug-likeness (QED) is 0.681. The Morgan fingerprint density at radius 2 is 2.00 bits per heavy atom. The number of urea groups is 1. The van der Waals surface area contributed by atoms with E-state index in [1.165, 1.54) is 4.90 Å². The second-order valence-corrected chi connectivity index (χ2v) is 5.04. The van der Waals surface area contributed by atoms with Gasteiger partial charge in [-0.2, -0.15) is 0 Å². The number of amides is 3. The topological polar surface area (TPSA) is 49.4 Å². The second kappa shape index (κ2) is 3.59. The van der Waals surface area contributed by atoms with Gasteiger partial charge in [-0.05, 0) is 18.8 Å². The first-order chi connectivity index (χ1) is 6.31. The first-order valence-electron chi connectivity index (χ1n) is 4.91. The molecule has 1 rings (SSSR count). The number of rotatable bonds is 2. The highest BCUT2D eigenvalue weighted by molar-refractivity contribution is 6.02. The minimum Gasteiger partial charge on any atom is -0.329 e. The lowest BCUT2D eigenvalue weighted by molar-refractivity contribution is -0.126. The average Bonchev–Trinajstić information content (AvgIpc) is 2.27. The Balaban J connectivity index is 2.64. The van der Waals surface area contributed by atoms with Crippen LogP contribution in [-0.4, -0.2) is 29.4 Å². The molecule has 0 spiro atoms. The summed E-state index contributed by atoms with van der Waals surface area (Å²) in [6.45, 7) is 8.35. The Morgan fingerprint density at radius 1 is 1.43 bits per heavy atom. The molecule has 1 fully saturated rings. The van der Waals surface area contributed by atoms with E-state index >= 15 is 0 Å². The number of nitrogens with one attached hydrogen (secondary N) is 1. The van der Waals surface area contributed by atoms with Crippen LogP contribution in [0.25, 0.3) is 0 Å². The minimum atomic E-state index is -0.258. The van der Waals surface area contributed by atoms with E-state index in [0.29, 0.717) is 0 Å². The molecule has 4 nitrogen and oxygen atoms in total. The van der Waals surface area contributed by atoms with E-state index in [1.54, 1.807) is 0 Å². The fourth-order valence-electron chi connectivity index (χ4n) is 1.86. The fourth-order valence-corrected chi connectivity index (χ4v) is 1.86. The van der Waals surface area contributed by atoms with Crippen LogP contribution < -0.4 is 5.32 Å². The van der Waals surface area contributed by atoms with Gasteiger partial charge in [-0.25, -0.2) is 4.79 Å². The van der Waals surface area contributed by atoms with Crippen LogP contribution in [-0.2, 0) is 4.79 Å². The number of nitrogens with zero attached hydrogens (tertiary/aromatic N) is 1. The Labute approximate surface area is 84.7 Å². The highest BCUT2D eigenvalue weighted by Crippen LogP contribution is 2.24. The highest BCUT2D eigenvalue weighted by Gasteiger charge is 2.34. The van der Waals surface area contributed by atoms with E-state index < -0.39 is 0 Å². The van der Waals surface area contributed by atoms with Gasteiger partial charge >= 0.3 is 6.03 Å². The summed E-state index contributed by atoms with van der Waals surface area (Å²) in [5.74, 6) is -0.119.